The first-order valence-electron chi connectivity index (χ1n) is 7.91. The highest BCUT2D eigenvalue weighted by Crippen LogP contribution is 2.21. The Balaban J connectivity index is 1.61. The number of anilines is 2. The molecule has 7 heteroatoms. The largest absolute Gasteiger partial charge is 0.376 e. The molecule has 0 aliphatic heterocycles. The van der Waals surface area contributed by atoms with Gasteiger partial charge in [0.2, 0.25) is 5.91 Å². The Labute approximate surface area is 143 Å². The second kappa shape index (κ2) is 7.29. The highest BCUT2D eigenvalue weighted by molar-refractivity contribution is 6.01. The van der Waals surface area contributed by atoms with Gasteiger partial charge in [-0.05, 0) is 37.1 Å². The van der Waals surface area contributed by atoms with Crippen LogP contribution in [-0.4, -0.2) is 24.4 Å². The fraction of sp³-hybridized carbons (Fsp3) is 0.222. The van der Waals surface area contributed by atoms with Crippen molar-refractivity contribution in [2.24, 2.45) is 0 Å². The Morgan fingerprint density at radius 1 is 1.04 bits per heavy atom. The molecule has 1 fully saturated rings. The Morgan fingerprint density at radius 2 is 1.72 bits per heavy atom. The lowest BCUT2D eigenvalue weighted by Crippen LogP contribution is -2.27. The first-order chi connectivity index (χ1) is 12.0. The van der Waals surface area contributed by atoms with E-state index in [0.29, 0.717) is 11.3 Å². The highest BCUT2D eigenvalue weighted by Gasteiger charge is 2.24. The molecule has 1 saturated carbocycles. The molecule has 5 nitrogen and oxygen atoms in total. The molecular formula is C18H17F2N3O2. The number of hydrogen-bond donors (Lipinski definition) is 3. The fourth-order valence-corrected chi connectivity index (χ4v) is 2.33. The first kappa shape index (κ1) is 16.9. The van der Waals surface area contributed by atoms with Crippen LogP contribution in [0, 0.1) is 11.6 Å². The predicted molar refractivity (Wildman–Crippen MR) is 90.4 cm³/mol. The molecular weight excluding hydrogens is 328 g/mol. The van der Waals surface area contributed by atoms with Crippen molar-refractivity contribution in [3.63, 3.8) is 0 Å². The van der Waals surface area contributed by atoms with Gasteiger partial charge in [0.15, 0.2) is 0 Å². The zero-order valence-electron chi connectivity index (χ0n) is 13.3. The lowest BCUT2D eigenvalue weighted by Gasteiger charge is -2.12. The Hall–Kier alpha value is -2.96. The van der Waals surface area contributed by atoms with Gasteiger partial charge in [0.05, 0.1) is 12.1 Å². The zero-order valence-corrected chi connectivity index (χ0v) is 13.3. The van der Waals surface area contributed by atoms with Crippen molar-refractivity contribution in [2.75, 3.05) is 17.2 Å². The van der Waals surface area contributed by atoms with E-state index >= 15 is 0 Å². The van der Waals surface area contributed by atoms with Crippen molar-refractivity contribution in [3.05, 3.63) is 59.7 Å². The second-order valence-electron chi connectivity index (χ2n) is 5.85. The highest BCUT2D eigenvalue weighted by atomic mass is 19.1. The molecule has 3 rings (SSSR count). The van der Waals surface area contributed by atoms with Crippen molar-refractivity contribution in [2.45, 2.75) is 18.9 Å². The monoisotopic (exact) mass is 345 g/mol. The van der Waals surface area contributed by atoms with E-state index in [0.717, 1.165) is 31.0 Å². The average molecular weight is 345 g/mol. The van der Waals surface area contributed by atoms with Crippen molar-refractivity contribution in [1.29, 1.82) is 0 Å². The minimum absolute atomic E-state index is 0.0315. The molecule has 2 amide bonds. The summed E-state index contributed by atoms with van der Waals surface area (Å²) in [5, 5.41) is 8.17. The van der Waals surface area contributed by atoms with Crippen LogP contribution in [0.2, 0.25) is 0 Å². The van der Waals surface area contributed by atoms with E-state index in [2.05, 4.69) is 16.0 Å². The number of amides is 2. The number of rotatable bonds is 6. The molecule has 2 aromatic carbocycles. The Kier molecular flexibility index (Phi) is 4.92. The molecule has 0 atom stereocenters. The predicted octanol–water partition coefficient (Wildman–Crippen LogP) is 2.91. The minimum Gasteiger partial charge on any atom is -0.376 e. The third-order valence-electron chi connectivity index (χ3n) is 3.67. The number of carbonyl (C=O) groups excluding carboxylic acids is 2. The summed E-state index contributed by atoms with van der Waals surface area (Å²) in [6.07, 6.45) is 1.96. The van der Waals surface area contributed by atoms with Crippen LogP contribution < -0.4 is 16.0 Å². The third kappa shape index (κ3) is 4.76. The molecule has 3 N–H and O–H groups in total. The summed E-state index contributed by atoms with van der Waals surface area (Å²) in [5.41, 5.74) is 0.990. The van der Waals surface area contributed by atoms with Gasteiger partial charge in [-0.3, -0.25) is 9.59 Å². The normalized spacial score (nSPS) is 13.2. The molecule has 0 radical (unpaired) electrons. The molecule has 0 heterocycles. The standard InChI is InChI=1S/C18H17F2N3O2/c19-11-7-12(20)9-14(8-11)22-17(24)10-21-16-4-2-1-3-15(16)18(25)23-13-5-6-13/h1-4,7-9,13,21H,5-6,10H2,(H,22,24)(H,23,25). The van der Waals surface area contributed by atoms with Crippen LogP contribution in [-0.2, 0) is 4.79 Å². The van der Waals surface area contributed by atoms with E-state index in [9.17, 15) is 18.4 Å². The quantitative estimate of drug-likeness (QED) is 0.754. The van der Waals surface area contributed by atoms with Gasteiger partial charge in [0, 0.05) is 23.5 Å². The SMILES string of the molecule is O=C(CNc1ccccc1C(=O)NC1CC1)Nc1cc(F)cc(F)c1. The molecule has 0 spiro atoms. The van der Waals surface area contributed by atoms with Crippen LogP contribution in [0.15, 0.2) is 42.5 Å². The van der Waals surface area contributed by atoms with E-state index in [1.54, 1.807) is 24.3 Å². The number of para-hydroxylation sites is 1. The zero-order chi connectivity index (χ0) is 17.8. The van der Waals surface area contributed by atoms with Gasteiger partial charge in [-0.25, -0.2) is 8.78 Å². The van der Waals surface area contributed by atoms with E-state index < -0.39 is 17.5 Å². The maximum atomic E-state index is 13.1. The molecule has 0 saturated heterocycles. The maximum absolute atomic E-state index is 13.1. The minimum atomic E-state index is -0.773. The van der Waals surface area contributed by atoms with Crippen LogP contribution in [0.4, 0.5) is 20.2 Å². The summed E-state index contributed by atoms with van der Waals surface area (Å²) >= 11 is 0. The van der Waals surface area contributed by atoms with Crippen LogP contribution in [0.25, 0.3) is 0 Å². The number of halogens is 2. The number of nitrogens with one attached hydrogen (secondary N) is 3. The summed E-state index contributed by atoms with van der Waals surface area (Å²) in [6, 6.07) is 9.85. The van der Waals surface area contributed by atoms with Gasteiger partial charge < -0.3 is 16.0 Å². The van der Waals surface area contributed by atoms with Crippen LogP contribution in [0.5, 0.6) is 0 Å². The summed E-state index contributed by atoms with van der Waals surface area (Å²) in [5.74, 6) is -2.23. The summed E-state index contributed by atoms with van der Waals surface area (Å²) in [7, 11) is 0. The van der Waals surface area contributed by atoms with Crippen LogP contribution >= 0.6 is 0 Å². The molecule has 0 aromatic heterocycles. The molecule has 0 bridgehead atoms. The van der Waals surface area contributed by atoms with Crippen molar-refractivity contribution in [1.82, 2.24) is 5.32 Å². The lowest BCUT2D eigenvalue weighted by molar-refractivity contribution is -0.114. The fourth-order valence-electron chi connectivity index (χ4n) is 2.33. The number of hydrogen-bond acceptors (Lipinski definition) is 3. The van der Waals surface area contributed by atoms with E-state index in [1.165, 1.54) is 0 Å². The van der Waals surface area contributed by atoms with Gasteiger partial charge in [-0.2, -0.15) is 0 Å². The Bertz CT molecular complexity index is 786. The van der Waals surface area contributed by atoms with E-state index in [-0.39, 0.29) is 24.2 Å². The molecule has 1 aliphatic rings. The van der Waals surface area contributed by atoms with Crippen molar-refractivity contribution < 1.29 is 18.4 Å². The topological polar surface area (TPSA) is 70.2 Å². The molecule has 130 valence electrons. The smallest absolute Gasteiger partial charge is 0.253 e. The summed E-state index contributed by atoms with van der Waals surface area (Å²) < 4.78 is 26.3. The molecule has 0 unspecified atom stereocenters. The van der Waals surface area contributed by atoms with Crippen LogP contribution in [0.1, 0.15) is 23.2 Å². The van der Waals surface area contributed by atoms with Crippen molar-refractivity contribution in [3.8, 4) is 0 Å². The van der Waals surface area contributed by atoms with Gasteiger partial charge in [-0.15, -0.1) is 0 Å². The van der Waals surface area contributed by atoms with Gasteiger partial charge >= 0.3 is 0 Å². The van der Waals surface area contributed by atoms with Gasteiger partial charge in [-0.1, -0.05) is 12.1 Å². The first-order valence-corrected chi connectivity index (χ1v) is 7.91. The number of benzene rings is 2. The van der Waals surface area contributed by atoms with Crippen molar-refractivity contribution >= 4 is 23.2 Å². The van der Waals surface area contributed by atoms with Gasteiger partial charge in [0.25, 0.3) is 5.91 Å². The molecule has 1 aliphatic carbocycles. The van der Waals surface area contributed by atoms with Gasteiger partial charge in [0.1, 0.15) is 11.6 Å². The van der Waals surface area contributed by atoms with Crippen LogP contribution in [0.3, 0.4) is 0 Å². The third-order valence-corrected chi connectivity index (χ3v) is 3.67. The average Bonchev–Trinajstić information content (AvgIpc) is 3.36. The van der Waals surface area contributed by atoms with E-state index in [4.69, 9.17) is 0 Å². The Morgan fingerprint density at radius 3 is 2.40 bits per heavy atom. The lowest BCUT2D eigenvalue weighted by atomic mass is 10.1. The maximum Gasteiger partial charge on any atom is 0.253 e. The molecule has 2 aromatic rings. The number of carbonyl (C=O) groups is 2. The van der Waals surface area contributed by atoms with E-state index in [1.807, 2.05) is 0 Å². The second-order valence-corrected chi connectivity index (χ2v) is 5.85. The molecule has 25 heavy (non-hydrogen) atoms. The summed E-state index contributed by atoms with van der Waals surface area (Å²) in [6.45, 7) is -0.147. The summed E-state index contributed by atoms with van der Waals surface area (Å²) in [4.78, 5) is 24.1.